The second-order valence-corrected chi connectivity index (χ2v) is 8.13. The molecule has 9 heteroatoms. The molecule has 172 valence electrons. The largest absolute Gasteiger partial charge is 2.00 e. The number of H-pyrrole nitrogens is 1. The molecular formula is C24H31MgN5O3. The van der Waals surface area contributed by atoms with E-state index in [0.29, 0.717) is 12.2 Å². The van der Waals surface area contributed by atoms with Crippen molar-refractivity contribution in [1.29, 1.82) is 0 Å². The standard InChI is InChI=1S/C24H29N5O3.Mg.2H/c1-4-5-10-21(30)29(22(16(2)3)24(31)32)15-17-11-13-18(14-12-17)19-8-6-7-9-20(19)23-25-27-28-26-23;;;/h6-9,11-14,16,22H,4-5,10,15H2,1-3H3,(H,31,32)(H,25,26,27,28);;;/q;+2;2*-1. The quantitative estimate of drug-likeness (QED) is 0.441. The molecule has 1 amide bonds. The van der Waals surface area contributed by atoms with Gasteiger partial charge in [0.25, 0.3) is 0 Å². The Labute approximate surface area is 212 Å². The predicted octanol–water partition coefficient (Wildman–Crippen LogP) is 4.01. The monoisotopic (exact) mass is 461 g/mol. The molecule has 1 atom stereocenters. The molecule has 0 spiro atoms. The number of rotatable bonds is 10. The molecule has 0 aliphatic heterocycles. The van der Waals surface area contributed by atoms with Gasteiger partial charge in [0.05, 0.1) is 0 Å². The number of unbranched alkanes of at least 4 members (excludes halogenated alkanes) is 1. The molecule has 8 nitrogen and oxygen atoms in total. The van der Waals surface area contributed by atoms with Gasteiger partial charge in [-0.2, -0.15) is 5.21 Å². The number of carbonyl (C=O) groups excluding carboxylic acids is 1. The fourth-order valence-electron chi connectivity index (χ4n) is 3.78. The van der Waals surface area contributed by atoms with Crippen molar-refractivity contribution in [2.24, 2.45) is 5.92 Å². The van der Waals surface area contributed by atoms with Gasteiger partial charge in [0.2, 0.25) is 11.7 Å². The Morgan fingerprint density at radius 1 is 1.09 bits per heavy atom. The predicted molar refractivity (Wildman–Crippen MR) is 129 cm³/mol. The third-order valence-electron chi connectivity index (χ3n) is 5.42. The Balaban J connectivity index is 0.00000385. The van der Waals surface area contributed by atoms with E-state index < -0.39 is 12.0 Å². The van der Waals surface area contributed by atoms with Crippen LogP contribution in [0, 0.1) is 5.92 Å². The van der Waals surface area contributed by atoms with Gasteiger partial charge < -0.3 is 12.9 Å². The number of carboxylic acids is 1. The van der Waals surface area contributed by atoms with Gasteiger partial charge in [-0.25, -0.2) is 4.79 Å². The second-order valence-electron chi connectivity index (χ2n) is 8.13. The van der Waals surface area contributed by atoms with E-state index in [1.807, 2.05) is 69.3 Å². The first-order valence-corrected chi connectivity index (χ1v) is 10.9. The number of aliphatic carboxylic acids is 1. The SMILES string of the molecule is CCCCC(=O)N(Cc1ccc(-c2ccccc2-c2nn[nH]n2)cc1)C(C(=O)O)C(C)C.[H-].[H-].[Mg+2]. The number of nitrogens with one attached hydrogen (secondary N) is 1. The minimum atomic E-state index is -0.976. The number of benzene rings is 2. The number of hydrogen-bond acceptors (Lipinski definition) is 5. The third kappa shape index (κ3) is 6.61. The van der Waals surface area contributed by atoms with E-state index in [-0.39, 0.29) is 44.3 Å². The fraction of sp³-hybridized carbons (Fsp3) is 0.375. The van der Waals surface area contributed by atoms with Gasteiger partial charge in [-0.15, -0.1) is 10.2 Å². The van der Waals surface area contributed by atoms with Gasteiger partial charge in [-0.3, -0.25) is 4.79 Å². The summed E-state index contributed by atoms with van der Waals surface area (Å²) in [4.78, 5) is 26.3. The van der Waals surface area contributed by atoms with Gasteiger partial charge in [0.15, 0.2) is 0 Å². The molecule has 3 rings (SSSR count). The van der Waals surface area contributed by atoms with E-state index in [1.54, 1.807) is 0 Å². The number of amides is 1. The van der Waals surface area contributed by atoms with Crippen LogP contribution < -0.4 is 0 Å². The summed E-state index contributed by atoms with van der Waals surface area (Å²) in [6, 6.07) is 14.7. The van der Waals surface area contributed by atoms with Gasteiger partial charge >= 0.3 is 29.0 Å². The summed E-state index contributed by atoms with van der Waals surface area (Å²) in [6.45, 7) is 5.93. The maximum absolute atomic E-state index is 12.9. The fourth-order valence-corrected chi connectivity index (χ4v) is 3.78. The van der Waals surface area contributed by atoms with E-state index >= 15 is 0 Å². The van der Waals surface area contributed by atoms with Gasteiger partial charge in [-0.05, 0) is 34.2 Å². The molecular weight excluding hydrogens is 431 g/mol. The van der Waals surface area contributed by atoms with Crippen molar-refractivity contribution in [3.8, 4) is 22.5 Å². The van der Waals surface area contributed by atoms with Crippen molar-refractivity contribution in [1.82, 2.24) is 25.5 Å². The number of aromatic nitrogens is 4. The summed E-state index contributed by atoms with van der Waals surface area (Å²) in [6.07, 6.45) is 1.97. The number of hydrogen-bond donors (Lipinski definition) is 2. The zero-order valence-corrected chi connectivity index (χ0v) is 20.8. The van der Waals surface area contributed by atoms with Crippen LogP contribution >= 0.6 is 0 Å². The minimum absolute atomic E-state index is 0. The Hall–Kier alpha value is -2.78. The van der Waals surface area contributed by atoms with Crippen LogP contribution in [0.15, 0.2) is 48.5 Å². The van der Waals surface area contributed by atoms with Crippen LogP contribution in [0.5, 0.6) is 0 Å². The third-order valence-corrected chi connectivity index (χ3v) is 5.42. The zero-order chi connectivity index (χ0) is 23.1. The maximum atomic E-state index is 12.9. The van der Waals surface area contributed by atoms with Gasteiger partial charge in [0, 0.05) is 18.5 Å². The summed E-state index contributed by atoms with van der Waals surface area (Å²) in [5.74, 6) is -0.784. The Morgan fingerprint density at radius 3 is 2.30 bits per heavy atom. The first-order valence-electron chi connectivity index (χ1n) is 10.9. The molecule has 1 unspecified atom stereocenters. The summed E-state index contributed by atoms with van der Waals surface area (Å²) in [7, 11) is 0. The van der Waals surface area contributed by atoms with Crippen molar-refractivity contribution < 1.29 is 17.5 Å². The Kier molecular flexibility index (Phi) is 9.99. The minimum Gasteiger partial charge on any atom is -1.00 e. The Morgan fingerprint density at radius 2 is 1.76 bits per heavy atom. The average Bonchev–Trinajstić information content (AvgIpc) is 3.32. The molecule has 2 N–H and O–H groups in total. The van der Waals surface area contributed by atoms with Gasteiger partial charge in [-0.1, -0.05) is 75.7 Å². The molecule has 0 aliphatic carbocycles. The van der Waals surface area contributed by atoms with E-state index in [2.05, 4.69) is 20.6 Å². The molecule has 0 saturated heterocycles. The topological polar surface area (TPSA) is 112 Å². The number of carbonyl (C=O) groups is 2. The van der Waals surface area contributed by atoms with Crippen LogP contribution in [0.1, 0.15) is 48.5 Å². The van der Waals surface area contributed by atoms with Crippen molar-refractivity contribution in [3.05, 3.63) is 54.1 Å². The summed E-state index contributed by atoms with van der Waals surface area (Å²) < 4.78 is 0. The summed E-state index contributed by atoms with van der Waals surface area (Å²) in [5.41, 5.74) is 3.66. The average molecular weight is 462 g/mol. The van der Waals surface area contributed by atoms with Crippen molar-refractivity contribution in [3.63, 3.8) is 0 Å². The van der Waals surface area contributed by atoms with Crippen LogP contribution in [-0.2, 0) is 16.1 Å². The van der Waals surface area contributed by atoms with Gasteiger partial charge in [0.1, 0.15) is 6.04 Å². The van der Waals surface area contributed by atoms with Crippen LogP contribution in [0.25, 0.3) is 22.5 Å². The summed E-state index contributed by atoms with van der Waals surface area (Å²) >= 11 is 0. The molecule has 1 heterocycles. The molecule has 1 aromatic heterocycles. The smallest absolute Gasteiger partial charge is 1.00 e. The zero-order valence-electron chi connectivity index (χ0n) is 21.4. The van der Waals surface area contributed by atoms with Crippen LogP contribution in [0.4, 0.5) is 0 Å². The summed E-state index contributed by atoms with van der Waals surface area (Å²) in [5, 5.41) is 24.0. The molecule has 33 heavy (non-hydrogen) atoms. The van der Waals surface area contributed by atoms with Crippen molar-refractivity contribution >= 4 is 34.9 Å². The molecule has 0 radical (unpaired) electrons. The maximum Gasteiger partial charge on any atom is 2.00 e. The molecule has 0 fully saturated rings. The van der Waals surface area contributed by atoms with E-state index in [1.165, 1.54) is 4.90 Å². The number of tetrazole rings is 1. The van der Waals surface area contributed by atoms with Crippen molar-refractivity contribution in [2.75, 3.05) is 0 Å². The first kappa shape index (κ1) is 26.5. The Bertz CT molecular complexity index is 1050. The van der Waals surface area contributed by atoms with E-state index in [0.717, 1.165) is 35.1 Å². The number of nitrogens with zero attached hydrogens (tertiary/aromatic N) is 4. The molecule has 0 aliphatic rings. The van der Waals surface area contributed by atoms with E-state index in [9.17, 15) is 14.7 Å². The molecule has 3 aromatic rings. The molecule has 0 bridgehead atoms. The number of carboxylic acid groups (broad SMARTS) is 1. The number of aromatic amines is 1. The molecule has 0 saturated carbocycles. The van der Waals surface area contributed by atoms with Crippen LogP contribution in [0.2, 0.25) is 0 Å². The second kappa shape index (κ2) is 12.5. The van der Waals surface area contributed by atoms with E-state index in [4.69, 9.17) is 0 Å². The normalized spacial score (nSPS) is 11.6. The van der Waals surface area contributed by atoms with Crippen LogP contribution in [0.3, 0.4) is 0 Å². The first-order chi connectivity index (χ1) is 15.4. The van der Waals surface area contributed by atoms with Crippen molar-refractivity contribution in [2.45, 2.75) is 52.6 Å². The van der Waals surface area contributed by atoms with Crippen LogP contribution in [-0.4, -0.2) is 71.6 Å². The molecule has 2 aromatic carbocycles.